The van der Waals surface area contributed by atoms with Crippen molar-refractivity contribution in [2.24, 2.45) is 0 Å². The molecule has 0 amide bonds. The lowest BCUT2D eigenvalue weighted by Crippen LogP contribution is -2.14. The molecule has 2 heterocycles. The lowest BCUT2D eigenvalue weighted by molar-refractivity contribution is -0.138. The summed E-state index contributed by atoms with van der Waals surface area (Å²) in [5.41, 5.74) is 4.62. The van der Waals surface area contributed by atoms with Crippen molar-refractivity contribution in [2.75, 3.05) is 10.5 Å². The third kappa shape index (κ3) is 14.2. The van der Waals surface area contributed by atoms with Gasteiger partial charge in [0.05, 0.1) is 60.2 Å². The summed E-state index contributed by atoms with van der Waals surface area (Å²) >= 11 is 11.6. The minimum atomic E-state index is -4.58. The van der Waals surface area contributed by atoms with Crippen LogP contribution in [0.5, 0.6) is 23.0 Å². The Morgan fingerprint density at radius 2 is 1.03 bits per heavy atom. The van der Waals surface area contributed by atoms with Gasteiger partial charge in [-0.15, -0.1) is 0 Å². The van der Waals surface area contributed by atoms with E-state index in [9.17, 15) is 48.4 Å². The average Bonchev–Trinajstić information content (AvgIpc) is 3.19. The van der Waals surface area contributed by atoms with Crippen molar-refractivity contribution in [2.45, 2.75) is 22.1 Å². The Balaban J connectivity index is 0.000000223. The van der Waals surface area contributed by atoms with Crippen molar-refractivity contribution < 1.29 is 52.7 Å². The second-order valence-corrected chi connectivity index (χ2v) is 16.8. The van der Waals surface area contributed by atoms with Crippen molar-refractivity contribution in [3.8, 4) is 35.1 Å². The van der Waals surface area contributed by atoms with Gasteiger partial charge in [0.25, 0.3) is 19.1 Å². The molecule has 0 atom stereocenters. The first-order valence-corrected chi connectivity index (χ1v) is 20.8. The number of anilines is 2. The molecule has 0 bridgehead atoms. The van der Waals surface area contributed by atoms with Crippen LogP contribution in [0.3, 0.4) is 0 Å². The maximum atomic E-state index is 12.6. The zero-order chi connectivity index (χ0) is 45.2. The number of rotatable bonds is 8. The number of ether oxygens (including phenoxy) is 2. The van der Waals surface area contributed by atoms with E-state index < -0.39 is 42.6 Å². The standard InChI is InChI=1S/C19H11ClF3N3O3S.C12H8ClN3O.C7H4ClF3O2S/c20-14-8-16(11-25-10-14)29-18-6-3-15(7-12(18)9-24)26-30(27,28)17-4-1-13(2-5-17)19(21,22)23;13-9-4-11(7-16-6-9)17-12-2-1-10(15)3-8(12)5-14;8-14(12,13)6-3-1-5(2-4-6)7(9,10)11/h1-8,10-11,26H;1-4,6-7H,15H2;1-4H. The van der Waals surface area contributed by atoms with Crippen LogP contribution in [0.25, 0.3) is 0 Å². The summed E-state index contributed by atoms with van der Waals surface area (Å²) in [5.74, 6) is 1.31. The van der Waals surface area contributed by atoms with Crippen molar-refractivity contribution in [3.63, 3.8) is 0 Å². The molecule has 0 saturated carbocycles. The van der Waals surface area contributed by atoms with Crippen LogP contribution in [0.2, 0.25) is 10.0 Å². The molecule has 0 radical (unpaired) electrons. The van der Waals surface area contributed by atoms with Gasteiger partial charge >= 0.3 is 12.4 Å². The monoisotopic (exact) mass is 942 g/mol. The first-order valence-electron chi connectivity index (χ1n) is 16.2. The van der Waals surface area contributed by atoms with Crippen molar-refractivity contribution in [3.05, 3.63) is 154 Å². The highest BCUT2D eigenvalue weighted by Crippen LogP contribution is 2.33. The van der Waals surface area contributed by atoms with Crippen LogP contribution in [-0.4, -0.2) is 26.8 Å². The molecule has 6 rings (SSSR count). The maximum Gasteiger partial charge on any atom is 0.416 e. The average molecular weight is 944 g/mol. The largest absolute Gasteiger partial charge is 0.454 e. The van der Waals surface area contributed by atoms with Crippen LogP contribution in [0.1, 0.15) is 22.3 Å². The molecule has 0 aliphatic heterocycles. The number of hydrogen-bond donors (Lipinski definition) is 2. The maximum absolute atomic E-state index is 12.6. The molecule has 3 N–H and O–H groups in total. The van der Waals surface area contributed by atoms with Crippen LogP contribution in [0, 0.1) is 22.7 Å². The van der Waals surface area contributed by atoms with Crippen LogP contribution >= 0.6 is 33.9 Å². The number of benzene rings is 4. The molecule has 61 heavy (non-hydrogen) atoms. The van der Waals surface area contributed by atoms with Crippen molar-refractivity contribution in [1.82, 2.24) is 9.97 Å². The van der Waals surface area contributed by atoms with Crippen LogP contribution in [0.15, 0.2) is 132 Å². The molecule has 23 heteroatoms. The molecule has 6 aromatic rings. The Morgan fingerprint density at radius 1 is 0.607 bits per heavy atom. The van der Waals surface area contributed by atoms with Gasteiger partial charge in [0.2, 0.25) is 0 Å². The Kier molecular flexibility index (Phi) is 15.4. The van der Waals surface area contributed by atoms with E-state index in [2.05, 4.69) is 14.7 Å². The van der Waals surface area contributed by atoms with E-state index in [1.54, 1.807) is 24.3 Å². The van der Waals surface area contributed by atoms with Crippen molar-refractivity contribution >= 4 is 64.3 Å². The number of nitrogens with one attached hydrogen (secondary N) is 1. The number of nitrogen functional groups attached to an aromatic ring is 1. The Labute approximate surface area is 357 Å². The second kappa shape index (κ2) is 19.8. The Bertz CT molecular complexity index is 2820. The summed E-state index contributed by atoms with van der Waals surface area (Å²) < 4.78 is 134. The van der Waals surface area contributed by atoms with Crippen LogP contribution in [-0.2, 0) is 31.4 Å². The van der Waals surface area contributed by atoms with E-state index in [0.29, 0.717) is 57.1 Å². The predicted octanol–water partition coefficient (Wildman–Crippen LogP) is 10.8. The van der Waals surface area contributed by atoms with E-state index >= 15 is 0 Å². The number of sulfonamides is 1. The molecule has 0 aliphatic rings. The molecule has 0 spiro atoms. The summed E-state index contributed by atoms with van der Waals surface area (Å²) in [6.45, 7) is 0. The zero-order valence-electron chi connectivity index (χ0n) is 30.1. The Morgan fingerprint density at radius 3 is 1.44 bits per heavy atom. The minimum Gasteiger partial charge on any atom is -0.454 e. The Hall–Kier alpha value is -6.29. The fourth-order valence-corrected chi connectivity index (χ4v) is 6.63. The van der Waals surface area contributed by atoms with E-state index in [0.717, 1.165) is 24.3 Å². The molecular formula is C38H23Cl3F6N6O6S2. The predicted molar refractivity (Wildman–Crippen MR) is 212 cm³/mol. The number of nitrogens with two attached hydrogens (primary N) is 1. The smallest absolute Gasteiger partial charge is 0.416 e. The highest BCUT2D eigenvalue weighted by molar-refractivity contribution is 8.13. The van der Waals surface area contributed by atoms with E-state index in [-0.39, 0.29) is 32.5 Å². The van der Waals surface area contributed by atoms with Gasteiger partial charge in [0.15, 0.2) is 0 Å². The molecule has 4 aromatic carbocycles. The van der Waals surface area contributed by atoms with Gasteiger partial charge in [-0.3, -0.25) is 14.7 Å². The fourth-order valence-electron chi connectivity index (χ4n) is 4.49. The fraction of sp³-hybridized carbons (Fsp3) is 0.0526. The molecule has 0 saturated heterocycles. The van der Waals surface area contributed by atoms with Gasteiger partial charge in [-0.1, -0.05) is 23.2 Å². The normalized spacial score (nSPS) is 11.3. The third-order valence-electron chi connectivity index (χ3n) is 7.25. The number of halogens is 9. The first kappa shape index (κ1) is 47.4. The van der Waals surface area contributed by atoms with Gasteiger partial charge in [-0.05, 0) is 84.9 Å². The number of nitrogens with zero attached hydrogens (tertiary/aromatic N) is 4. The third-order valence-corrected chi connectivity index (χ3v) is 10.4. The number of aromatic nitrogens is 2. The highest BCUT2D eigenvalue weighted by atomic mass is 35.7. The van der Waals surface area contributed by atoms with Gasteiger partial charge < -0.3 is 15.2 Å². The minimum absolute atomic E-state index is 0.0163. The molecule has 0 aliphatic carbocycles. The molecule has 0 fully saturated rings. The number of nitriles is 2. The number of hydrogen-bond acceptors (Lipinski definition) is 11. The van der Waals surface area contributed by atoms with Gasteiger partial charge in [0, 0.05) is 40.9 Å². The highest BCUT2D eigenvalue weighted by Gasteiger charge is 2.31. The van der Waals surface area contributed by atoms with E-state index in [1.807, 2.05) is 12.1 Å². The van der Waals surface area contributed by atoms with Crippen LogP contribution < -0.4 is 19.9 Å². The summed E-state index contributed by atoms with van der Waals surface area (Å²) in [7, 11) is -3.22. The van der Waals surface area contributed by atoms with E-state index in [1.165, 1.54) is 49.1 Å². The molecule has 2 aromatic heterocycles. The van der Waals surface area contributed by atoms with Gasteiger partial charge in [-0.2, -0.15) is 36.9 Å². The quantitative estimate of drug-likeness (QED) is 0.0836. The second-order valence-electron chi connectivity index (χ2n) is 11.7. The van der Waals surface area contributed by atoms with Crippen LogP contribution in [0.4, 0.5) is 37.7 Å². The first-order chi connectivity index (χ1) is 28.5. The van der Waals surface area contributed by atoms with Gasteiger partial charge in [-0.25, -0.2) is 16.8 Å². The topological polar surface area (TPSA) is 198 Å². The SMILES string of the molecule is N#Cc1cc(N)ccc1Oc1cncc(Cl)c1.N#Cc1cc(NS(=O)(=O)c2ccc(C(F)(F)F)cc2)ccc1Oc1cncc(Cl)c1.O=S(=O)(Cl)c1ccc(C(F)(F)F)cc1. The molecular weight excluding hydrogens is 921 g/mol. The summed E-state index contributed by atoms with van der Waals surface area (Å²) in [6, 6.07) is 21.8. The molecule has 0 unspecified atom stereocenters. The van der Waals surface area contributed by atoms with Crippen molar-refractivity contribution in [1.29, 1.82) is 10.5 Å². The lowest BCUT2D eigenvalue weighted by atomic mass is 10.2. The molecule has 316 valence electrons. The lowest BCUT2D eigenvalue weighted by Gasteiger charge is -2.12. The van der Waals surface area contributed by atoms with E-state index in [4.69, 9.17) is 54.4 Å². The molecule has 12 nitrogen and oxygen atoms in total. The number of pyridine rings is 2. The number of alkyl halides is 6. The summed E-state index contributed by atoms with van der Waals surface area (Å²) in [5, 5.41) is 19.1. The van der Waals surface area contributed by atoms with Gasteiger partial charge in [0.1, 0.15) is 35.1 Å². The zero-order valence-corrected chi connectivity index (χ0v) is 34.0. The summed E-state index contributed by atoms with van der Waals surface area (Å²) in [4.78, 5) is 7.03. The summed E-state index contributed by atoms with van der Waals surface area (Å²) in [6.07, 6.45) is -3.25.